The molecule has 0 aliphatic rings. The Balaban J connectivity index is 2.33. The van der Waals surface area contributed by atoms with Crippen molar-refractivity contribution in [2.24, 2.45) is 0 Å². The van der Waals surface area contributed by atoms with Crippen molar-refractivity contribution >= 4 is 23.2 Å². The van der Waals surface area contributed by atoms with Gasteiger partial charge >= 0.3 is 0 Å². The first-order valence-electron chi connectivity index (χ1n) is 13.6. The summed E-state index contributed by atoms with van der Waals surface area (Å²) in [6.45, 7) is 16.3. The molecule has 2 atom stereocenters. The van der Waals surface area contributed by atoms with Gasteiger partial charge in [0.05, 0.1) is 11.9 Å². The van der Waals surface area contributed by atoms with Gasteiger partial charge in [-0.25, -0.2) is 4.39 Å². The maximum Gasteiger partial charge on any atom is 0.265 e. The highest BCUT2D eigenvalue weighted by atomic mass is 19.1. The van der Waals surface area contributed by atoms with Crippen molar-refractivity contribution in [3.8, 4) is 11.5 Å². The molecule has 7 heteroatoms. The van der Waals surface area contributed by atoms with Gasteiger partial charge in [-0.05, 0) is 67.2 Å². The Hall–Kier alpha value is -3.09. The van der Waals surface area contributed by atoms with Crippen LogP contribution in [0.3, 0.4) is 0 Å². The van der Waals surface area contributed by atoms with Crippen molar-refractivity contribution in [1.29, 1.82) is 0 Å². The number of carbonyl (C=O) groups is 2. The second-order valence-electron chi connectivity index (χ2n) is 11.3. The lowest BCUT2D eigenvalue weighted by atomic mass is 9.76. The SMILES string of the molecule is CCC(Oc1ccc(C(C)(C)CC)cc1C(C)(C)CC)C(=O)Nc1cccc(O)c1NC(=O)CCC(C)F. The number of ether oxygens (including phenoxy) is 1. The highest BCUT2D eigenvalue weighted by Crippen LogP contribution is 2.39. The number of nitrogens with one attached hydrogen (secondary N) is 2. The molecular weight excluding hydrogens is 483 g/mol. The summed E-state index contributed by atoms with van der Waals surface area (Å²) in [6.07, 6.45) is 0.416. The van der Waals surface area contributed by atoms with Crippen molar-refractivity contribution in [3.05, 3.63) is 47.5 Å². The van der Waals surface area contributed by atoms with E-state index in [0.29, 0.717) is 12.2 Å². The van der Waals surface area contributed by atoms with E-state index in [-0.39, 0.29) is 40.8 Å². The minimum Gasteiger partial charge on any atom is -0.506 e. The summed E-state index contributed by atoms with van der Waals surface area (Å²) in [5.41, 5.74) is 2.45. The summed E-state index contributed by atoms with van der Waals surface area (Å²) in [7, 11) is 0. The largest absolute Gasteiger partial charge is 0.506 e. The third-order valence-electron chi connectivity index (χ3n) is 7.52. The summed E-state index contributed by atoms with van der Waals surface area (Å²) in [6, 6.07) is 10.8. The molecule has 0 heterocycles. The molecule has 0 fully saturated rings. The van der Waals surface area contributed by atoms with E-state index in [2.05, 4.69) is 64.3 Å². The van der Waals surface area contributed by atoms with Crippen LogP contribution in [0.1, 0.15) is 98.6 Å². The van der Waals surface area contributed by atoms with Crippen LogP contribution in [0.2, 0.25) is 0 Å². The lowest BCUT2D eigenvalue weighted by Gasteiger charge is -2.31. The second kappa shape index (κ2) is 13.1. The fourth-order valence-electron chi connectivity index (χ4n) is 3.97. The number of benzene rings is 2. The molecule has 38 heavy (non-hydrogen) atoms. The van der Waals surface area contributed by atoms with Crippen LogP contribution in [-0.4, -0.2) is 29.2 Å². The first-order valence-corrected chi connectivity index (χ1v) is 13.6. The molecule has 210 valence electrons. The molecule has 0 aromatic heterocycles. The molecule has 0 aliphatic heterocycles. The molecule has 0 bridgehead atoms. The normalized spacial score (nSPS) is 13.5. The maximum atomic E-state index is 13.3. The molecule has 2 amide bonds. The van der Waals surface area contributed by atoms with Crippen molar-refractivity contribution in [2.75, 3.05) is 10.6 Å². The standard InChI is InChI=1S/C31H45FN2O4/c1-9-25(38-26-17-16-21(30(5,6)10-2)19-22(26)31(7,8)11-3)29(37)33-23-13-12-14-24(35)28(23)34-27(36)18-15-20(4)32/h12-14,16-17,19-20,25,35H,9-11,15,18H2,1-8H3,(H,33,37)(H,34,36). The number of anilines is 2. The monoisotopic (exact) mass is 528 g/mol. The number of halogens is 1. The number of para-hydroxylation sites is 1. The Bertz CT molecular complexity index is 1110. The minimum absolute atomic E-state index is 0.0109. The highest BCUT2D eigenvalue weighted by Gasteiger charge is 2.29. The third-order valence-corrected chi connectivity index (χ3v) is 7.52. The Morgan fingerprint density at radius 1 is 1.00 bits per heavy atom. The van der Waals surface area contributed by atoms with E-state index in [9.17, 15) is 19.1 Å². The number of alkyl halides is 1. The molecule has 0 saturated heterocycles. The summed E-state index contributed by atoms with van der Waals surface area (Å²) < 4.78 is 19.5. The van der Waals surface area contributed by atoms with Crippen molar-refractivity contribution in [1.82, 2.24) is 0 Å². The highest BCUT2D eigenvalue weighted by molar-refractivity contribution is 6.02. The first kappa shape index (κ1) is 31.1. The molecular formula is C31H45FN2O4. The zero-order valence-corrected chi connectivity index (χ0v) is 24.2. The zero-order valence-electron chi connectivity index (χ0n) is 24.2. The number of rotatable bonds is 13. The summed E-state index contributed by atoms with van der Waals surface area (Å²) in [5.74, 6) is -0.376. The van der Waals surface area contributed by atoms with Gasteiger partial charge in [0.1, 0.15) is 17.2 Å². The van der Waals surface area contributed by atoms with Crippen molar-refractivity contribution in [2.45, 2.75) is 111 Å². The Kier molecular flexibility index (Phi) is 10.7. The number of hydrogen-bond acceptors (Lipinski definition) is 4. The van der Waals surface area contributed by atoms with Gasteiger partial charge in [-0.1, -0.05) is 66.7 Å². The van der Waals surface area contributed by atoms with Crippen LogP contribution < -0.4 is 15.4 Å². The minimum atomic E-state index is -1.11. The van der Waals surface area contributed by atoms with E-state index in [4.69, 9.17) is 4.74 Å². The van der Waals surface area contributed by atoms with Gasteiger partial charge in [-0.2, -0.15) is 0 Å². The third kappa shape index (κ3) is 7.95. The first-order chi connectivity index (χ1) is 17.7. The molecule has 2 unspecified atom stereocenters. The fraction of sp³-hybridized carbons (Fsp3) is 0.548. The Morgan fingerprint density at radius 3 is 2.24 bits per heavy atom. The smallest absolute Gasteiger partial charge is 0.265 e. The van der Waals surface area contributed by atoms with E-state index < -0.39 is 24.1 Å². The number of phenolic OH excluding ortho intramolecular Hbond substituents is 1. The van der Waals surface area contributed by atoms with E-state index in [0.717, 1.165) is 18.4 Å². The lowest BCUT2D eigenvalue weighted by Crippen LogP contribution is -2.33. The molecule has 0 radical (unpaired) electrons. The fourth-order valence-corrected chi connectivity index (χ4v) is 3.97. The van der Waals surface area contributed by atoms with Crippen LogP contribution in [0.25, 0.3) is 0 Å². The molecule has 0 spiro atoms. The number of phenols is 1. The van der Waals surface area contributed by atoms with Gasteiger partial charge in [-0.15, -0.1) is 0 Å². The van der Waals surface area contributed by atoms with Crippen LogP contribution in [0.4, 0.5) is 15.8 Å². The predicted molar refractivity (Wildman–Crippen MR) is 153 cm³/mol. The van der Waals surface area contributed by atoms with E-state index >= 15 is 0 Å². The second-order valence-corrected chi connectivity index (χ2v) is 11.3. The molecule has 2 aromatic carbocycles. The van der Waals surface area contributed by atoms with Crippen LogP contribution in [0, 0.1) is 0 Å². The molecule has 6 nitrogen and oxygen atoms in total. The Labute approximate surface area is 227 Å². The van der Waals surface area contributed by atoms with Crippen LogP contribution in [0.15, 0.2) is 36.4 Å². The van der Waals surface area contributed by atoms with Crippen LogP contribution in [-0.2, 0) is 20.4 Å². The van der Waals surface area contributed by atoms with Gasteiger partial charge in [0, 0.05) is 12.0 Å². The van der Waals surface area contributed by atoms with Gasteiger partial charge in [0.15, 0.2) is 6.10 Å². The Morgan fingerprint density at radius 2 is 1.66 bits per heavy atom. The maximum absolute atomic E-state index is 13.3. The predicted octanol–water partition coefficient (Wildman–Crippen LogP) is 7.64. The zero-order chi connectivity index (χ0) is 28.7. The van der Waals surface area contributed by atoms with Gasteiger partial charge in [0.2, 0.25) is 5.91 Å². The molecule has 2 rings (SSSR count). The average molecular weight is 529 g/mol. The number of carbonyl (C=O) groups excluding carboxylic acids is 2. The lowest BCUT2D eigenvalue weighted by molar-refractivity contribution is -0.123. The number of hydrogen-bond donors (Lipinski definition) is 3. The molecule has 0 aliphatic carbocycles. The van der Waals surface area contributed by atoms with Gasteiger partial charge in [0.25, 0.3) is 5.91 Å². The summed E-state index contributed by atoms with van der Waals surface area (Å²) in [5, 5.41) is 15.7. The molecule has 3 N–H and O–H groups in total. The van der Waals surface area contributed by atoms with Crippen molar-refractivity contribution in [3.63, 3.8) is 0 Å². The number of amides is 2. The van der Waals surface area contributed by atoms with E-state index in [1.54, 1.807) is 12.1 Å². The summed E-state index contributed by atoms with van der Waals surface area (Å²) in [4.78, 5) is 25.6. The quantitative estimate of drug-likeness (QED) is 0.233. The van der Waals surface area contributed by atoms with Crippen LogP contribution in [0.5, 0.6) is 11.5 Å². The van der Waals surface area contributed by atoms with E-state index in [1.165, 1.54) is 18.6 Å². The van der Waals surface area contributed by atoms with Gasteiger partial charge < -0.3 is 20.5 Å². The number of aromatic hydroxyl groups is 1. The average Bonchev–Trinajstić information content (AvgIpc) is 2.87. The van der Waals surface area contributed by atoms with Crippen LogP contribution >= 0.6 is 0 Å². The summed E-state index contributed by atoms with van der Waals surface area (Å²) >= 11 is 0. The van der Waals surface area contributed by atoms with Crippen molar-refractivity contribution < 1.29 is 23.8 Å². The van der Waals surface area contributed by atoms with E-state index in [1.807, 2.05) is 13.0 Å². The molecule has 0 saturated carbocycles. The topological polar surface area (TPSA) is 87.7 Å². The van der Waals surface area contributed by atoms with Gasteiger partial charge in [-0.3, -0.25) is 9.59 Å². The molecule has 2 aromatic rings.